The van der Waals surface area contributed by atoms with Crippen molar-refractivity contribution in [1.82, 2.24) is 0 Å². The Labute approximate surface area is 386 Å². The summed E-state index contributed by atoms with van der Waals surface area (Å²) in [5.41, 5.74) is 8.53. The Morgan fingerprint density at radius 1 is 0.545 bits per heavy atom. The number of hydrogen-bond donors (Lipinski definition) is 4. The van der Waals surface area contributed by atoms with E-state index in [4.69, 9.17) is 14.9 Å². The molecule has 0 fully saturated rings. The SMILES string of the molecule is CN(C)c1cccc2c(S(=O)(=O)Nc3cccc(CCc4ccc(C(=O)O)cc4)c3)cccc12.COc1cc(C)c(S(=O)(=O)Nc2cccc(CCc3ccc(C(=O)O)cc3)c2)c(C)c1C. The molecular formula is C52H53N3O9S2. The molecule has 12 nitrogen and oxygen atoms in total. The van der Waals surface area contributed by atoms with Gasteiger partial charge in [0.05, 0.1) is 28.0 Å². The molecule has 342 valence electrons. The molecule has 4 N–H and O–H groups in total. The second-order valence-electron chi connectivity index (χ2n) is 16.1. The maximum absolute atomic E-state index is 13.3. The number of hydrogen-bond acceptors (Lipinski definition) is 8. The molecule has 0 aliphatic carbocycles. The molecule has 0 aromatic heterocycles. The number of aryl methyl sites for hydroxylation is 5. The van der Waals surface area contributed by atoms with Gasteiger partial charge in [0.25, 0.3) is 20.0 Å². The summed E-state index contributed by atoms with van der Waals surface area (Å²) in [7, 11) is -2.15. The van der Waals surface area contributed by atoms with Crippen molar-refractivity contribution in [3.05, 3.63) is 190 Å². The van der Waals surface area contributed by atoms with Crippen LogP contribution in [0.3, 0.4) is 0 Å². The predicted octanol–water partition coefficient (Wildman–Crippen LogP) is 10.1. The van der Waals surface area contributed by atoms with Crippen LogP contribution in [0, 0.1) is 20.8 Å². The van der Waals surface area contributed by atoms with Crippen molar-refractivity contribution in [2.75, 3.05) is 35.5 Å². The molecule has 0 spiro atoms. The van der Waals surface area contributed by atoms with Gasteiger partial charge in [-0.3, -0.25) is 9.44 Å². The number of anilines is 3. The summed E-state index contributed by atoms with van der Waals surface area (Å²) in [6.07, 6.45) is 2.82. The average Bonchev–Trinajstić information content (AvgIpc) is 3.28. The van der Waals surface area contributed by atoms with Crippen LogP contribution >= 0.6 is 0 Å². The van der Waals surface area contributed by atoms with Crippen LogP contribution in [0.15, 0.2) is 149 Å². The number of carbonyl (C=O) groups is 2. The molecule has 0 aliphatic rings. The molecule has 0 aliphatic heterocycles. The van der Waals surface area contributed by atoms with Crippen molar-refractivity contribution < 1.29 is 41.4 Å². The van der Waals surface area contributed by atoms with E-state index in [1.807, 2.05) is 86.6 Å². The Hall–Kier alpha value is -7.16. The zero-order valence-electron chi connectivity index (χ0n) is 37.6. The predicted molar refractivity (Wildman–Crippen MR) is 262 cm³/mol. The topological polar surface area (TPSA) is 179 Å². The van der Waals surface area contributed by atoms with Gasteiger partial charge in [-0.25, -0.2) is 26.4 Å². The quantitative estimate of drug-likeness (QED) is 0.0729. The largest absolute Gasteiger partial charge is 0.496 e. The number of sulfonamides is 2. The van der Waals surface area contributed by atoms with Crippen molar-refractivity contribution in [2.45, 2.75) is 56.2 Å². The first-order valence-corrected chi connectivity index (χ1v) is 24.1. The molecule has 7 aromatic rings. The summed E-state index contributed by atoms with van der Waals surface area (Å²) in [6, 6.07) is 40.9. The molecule has 0 atom stereocenters. The smallest absolute Gasteiger partial charge is 0.335 e. The molecule has 7 aromatic carbocycles. The molecule has 0 heterocycles. The minimum Gasteiger partial charge on any atom is -0.496 e. The highest BCUT2D eigenvalue weighted by Gasteiger charge is 2.23. The fourth-order valence-corrected chi connectivity index (χ4v) is 10.6. The number of carboxylic acids is 2. The van der Waals surface area contributed by atoms with Gasteiger partial charge in [0.2, 0.25) is 0 Å². The van der Waals surface area contributed by atoms with Gasteiger partial charge < -0.3 is 19.8 Å². The molecule has 0 saturated heterocycles. The average molecular weight is 928 g/mol. The zero-order valence-corrected chi connectivity index (χ0v) is 39.3. The van der Waals surface area contributed by atoms with Gasteiger partial charge in [-0.05, 0) is 152 Å². The Kier molecular flexibility index (Phi) is 15.2. The molecule has 0 radical (unpaired) electrons. The van der Waals surface area contributed by atoms with Crippen LogP contribution < -0.4 is 19.1 Å². The number of methoxy groups -OCH3 is 1. The Morgan fingerprint density at radius 2 is 1.00 bits per heavy atom. The van der Waals surface area contributed by atoms with Crippen LogP contribution in [0.5, 0.6) is 5.75 Å². The Bertz CT molecular complexity index is 3120. The van der Waals surface area contributed by atoms with E-state index in [1.165, 1.54) is 0 Å². The Morgan fingerprint density at radius 3 is 1.48 bits per heavy atom. The molecule has 66 heavy (non-hydrogen) atoms. The van der Waals surface area contributed by atoms with Gasteiger partial charge in [0.1, 0.15) is 5.75 Å². The van der Waals surface area contributed by atoms with Gasteiger partial charge in [0, 0.05) is 41.9 Å². The third-order valence-electron chi connectivity index (χ3n) is 11.3. The van der Waals surface area contributed by atoms with E-state index in [0.29, 0.717) is 59.3 Å². The summed E-state index contributed by atoms with van der Waals surface area (Å²) in [4.78, 5) is 24.4. The van der Waals surface area contributed by atoms with Gasteiger partial charge >= 0.3 is 11.9 Å². The van der Waals surface area contributed by atoms with E-state index in [9.17, 15) is 26.4 Å². The lowest BCUT2D eigenvalue weighted by Crippen LogP contribution is -2.16. The second-order valence-corrected chi connectivity index (χ2v) is 19.4. The maximum Gasteiger partial charge on any atom is 0.335 e. The monoisotopic (exact) mass is 927 g/mol. The van der Waals surface area contributed by atoms with Crippen LogP contribution in [0.4, 0.5) is 17.1 Å². The first kappa shape index (κ1) is 48.3. The lowest BCUT2D eigenvalue weighted by Gasteiger charge is -2.17. The highest BCUT2D eigenvalue weighted by atomic mass is 32.2. The maximum atomic E-state index is 13.3. The van der Waals surface area contributed by atoms with E-state index in [-0.39, 0.29) is 20.9 Å². The number of carboxylic acid groups (broad SMARTS) is 2. The lowest BCUT2D eigenvalue weighted by molar-refractivity contribution is 0.0686. The summed E-state index contributed by atoms with van der Waals surface area (Å²) >= 11 is 0. The summed E-state index contributed by atoms with van der Waals surface area (Å²) in [5.74, 6) is -1.23. The van der Waals surface area contributed by atoms with E-state index in [1.54, 1.807) is 99.8 Å². The number of rotatable bonds is 16. The molecule has 0 amide bonds. The first-order chi connectivity index (χ1) is 31.4. The van der Waals surface area contributed by atoms with E-state index >= 15 is 0 Å². The Balaban J connectivity index is 0.000000219. The fourth-order valence-electron chi connectivity index (χ4n) is 7.74. The number of nitrogens with one attached hydrogen (secondary N) is 2. The summed E-state index contributed by atoms with van der Waals surface area (Å²) < 4.78 is 63.7. The highest BCUT2D eigenvalue weighted by molar-refractivity contribution is 7.93. The summed E-state index contributed by atoms with van der Waals surface area (Å²) in [6.45, 7) is 5.39. The van der Waals surface area contributed by atoms with E-state index in [2.05, 4.69) is 9.44 Å². The number of fused-ring (bicyclic) bond motifs is 1. The van der Waals surface area contributed by atoms with Crippen molar-refractivity contribution in [3.63, 3.8) is 0 Å². The third-order valence-corrected chi connectivity index (χ3v) is 14.4. The molecule has 0 saturated carbocycles. The van der Waals surface area contributed by atoms with Crippen LogP contribution in [0.1, 0.15) is 59.7 Å². The molecule has 0 unspecified atom stereocenters. The number of nitrogens with zero attached hydrogens (tertiary/aromatic N) is 1. The minimum atomic E-state index is -3.80. The first-order valence-electron chi connectivity index (χ1n) is 21.1. The van der Waals surface area contributed by atoms with E-state index < -0.39 is 32.0 Å². The van der Waals surface area contributed by atoms with Gasteiger partial charge in [-0.1, -0.05) is 72.8 Å². The minimum absolute atomic E-state index is 0.234. The zero-order chi connectivity index (χ0) is 47.8. The number of benzene rings is 7. The number of ether oxygens (including phenoxy) is 1. The number of aromatic carboxylic acids is 2. The van der Waals surface area contributed by atoms with Crippen molar-refractivity contribution in [1.29, 1.82) is 0 Å². The van der Waals surface area contributed by atoms with Gasteiger partial charge in [0.15, 0.2) is 0 Å². The second kappa shape index (κ2) is 20.8. The third kappa shape index (κ3) is 11.7. The highest BCUT2D eigenvalue weighted by Crippen LogP contribution is 2.33. The standard InChI is InChI=1S/C27H26N2O4S.C25H27NO5S/c1-29(2)25-10-4-9-24-23(25)8-5-11-26(24)34(32,33)28-22-7-3-6-20(18-22)13-12-19-14-16-21(17-15-19)27(30)31;1-16-14-23(31-4)17(2)18(3)24(16)32(29,30)26-22-7-5-6-20(15-22)9-8-19-10-12-21(13-11-19)25(27)28/h3-11,14-18,28H,12-13H2,1-2H3,(H,30,31);5-7,10-15,26H,8-9H2,1-4H3,(H,27,28). The van der Waals surface area contributed by atoms with Crippen LogP contribution in [-0.4, -0.2) is 60.2 Å². The van der Waals surface area contributed by atoms with Crippen LogP contribution in [-0.2, 0) is 45.7 Å². The van der Waals surface area contributed by atoms with Crippen LogP contribution in [0.25, 0.3) is 10.8 Å². The van der Waals surface area contributed by atoms with Crippen molar-refractivity contribution in [2.24, 2.45) is 0 Å². The molecule has 7 rings (SSSR count). The molecule has 0 bridgehead atoms. The van der Waals surface area contributed by atoms with Crippen molar-refractivity contribution >= 4 is 59.8 Å². The van der Waals surface area contributed by atoms with Crippen molar-refractivity contribution in [3.8, 4) is 5.75 Å². The lowest BCUT2D eigenvalue weighted by atomic mass is 10.0. The van der Waals surface area contributed by atoms with Gasteiger partial charge in [-0.15, -0.1) is 0 Å². The normalized spacial score (nSPS) is 11.3. The molecular weight excluding hydrogens is 875 g/mol. The fraction of sp³-hybridized carbons (Fsp3) is 0.192. The van der Waals surface area contributed by atoms with E-state index in [0.717, 1.165) is 38.9 Å². The van der Waals surface area contributed by atoms with Crippen LogP contribution in [0.2, 0.25) is 0 Å². The summed E-state index contributed by atoms with van der Waals surface area (Å²) in [5, 5.41) is 19.6. The van der Waals surface area contributed by atoms with Gasteiger partial charge in [-0.2, -0.15) is 0 Å². The molecule has 14 heteroatoms.